The number of aryl methyl sites for hydroxylation is 1. The maximum Gasteiger partial charge on any atom is 0.254 e. The molecule has 0 spiro atoms. The number of aromatic nitrogens is 2. The lowest BCUT2D eigenvalue weighted by molar-refractivity contribution is 0.0937. The Hall–Kier alpha value is -3.12. The first-order valence-corrected chi connectivity index (χ1v) is 11.4. The Morgan fingerprint density at radius 1 is 1.09 bits per heavy atom. The van der Waals surface area contributed by atoms with Gasteiger partial charge in [0.05, 0.1) is 36.3 Å². The highest BCUT2D eigenvalue weighted by molar-refractivity contribution is 5.95. The molecular weight excluding hydrogens is 400 g/mol. The fourth-order valence-corrected chi connectivity index (χ4v) is 4.43. The highest BCUT2D eigenvalue weighted by Crippen LogP contribution is 2.26. The predicted molar refractivity (Wildman–Crippen MR) is 127 cm³/mol. The van der Waals surface area contributed by atoms with Crippen LogP contribution < -0.4 is 10.1 Å². The van der Waals surface area contributed by atoms with Crippen molar-refractivity contribution in [3.8, 4) is 11.4 Å². The maximum absolute atomic E-state index is 13.2. The van der Waals surface area contributed by atoms with Crippen molar-refractivity contribution >= 4 is 5.91 Å². The van der Waals surface area contributed by atoms with Crippen LogP contribution in [0.1, 0.15) is 53.0 Å². The van der Waals surface area contributed by atoms with Crippen molar-refractivity contribution in [2.45, 2.75) is 39.2 Å². The number of nitrogens with one attached hydrogen (secondary N) is 1. The molecule has 32 heavy (non-hydrogen) atoms. The van der Waals surface area contributed by atoms with Crippen molar-refractivity contribution in [2.24, 2.45) is 0 Å². The first kappa shape index (κ1) is 22.1. The molecule has 1 atom stereocenters. The molecule has 1 aliphatic heterocycles. The van der Waals surface area contributed by atoms with Crippen LogP contribution in [-0.2, 0) is 6.42 Å². The van der Waals surface area contributed by atoms with E-state index in [9.17, 15) is 4.79 Å². The Morgan fingerprint density at radius 3 is 2.41 bits per heavy atom. The number of benzene rings is 2. The number of hydrogen-bond acceptors (Lipinski definition) is 4. The van der Waals surface area contributed by atoms with Gasteiger partial charge in [0.15, 0.2) is 0 Å². The summed E-state index contributed by atoms with van der Waals surface area (Å²) in [6.07, 6.45) is 4.81. The van der Waals surface area contributed by atoms with Gasteiger partial charge in [-0.3, -0.25) is 9.69 Å². The van der Waals surface area contributed by atoms with Gasteiger partial charge in [0.25, 0.3) is 5.91 Å². The van der Waals surface area contributed by atoms with Gasteiger partial charge in [-0.25, -0.2) is 4.68 Å². The van der Waals surface area contributed by atoms with Crippen molar-refractivity contribution in [3.05, 3.63) is 77.1 Å². The molecule has 2 heterocycles. The van der Waals surface area contributed by atoms with Gasteiger partial charge in [0.1, 0.15) is 5.75 Å². The standard InChI is InChI=1S/C26H32N4O2/c1-4-24-23(17-28-30(24)21-11-7-19(2)8-12-21)26(31)27-18-25(29-15-5-6-16-29)20-9-13-22(32-3)14-10-20/h7-14,17,25H,4-6,15-16,18H2,1-3H3,(H,27,31)/t25-/m0/s1. The number of amides is 1. The lowest BCUT2D eigenvalue weighted by Gasteiger charge is -2.28. The van der Waals surface area contributed by atoms with Gasteiger partial charge in [-0.05, 0) is 69.1 Å². The zero-order chi connectivity index (χ0) is 22.5. The molecule has 0 unspecified atom stereocenters. The Bertz CT molecular complexity index is 1030. The summed E-state index contributed by atoms with van der Waals surface area (Å²) in [6, 6.07) is 16.5. The van der Waals surface area contributed by atoms with E-state index in [1.54, 1.807) is 13.3 Å². The molecule has 3 aromatic rings. The second-order valence-electron chi connectivity index (χ2n) is 8.35. The van der Waals surface area contributed by atoms with Crippen LogP contribution in [0.5, 0.6) is 5.75 Å². The van der Waals surface area contributed by atoms with E-state index in [0.717, 1.165) is 36.6 Å². The number of methoxy groups -OCH3 is 1. The number of rotatable bonds is 8. The smallest absolute Gasteiger partial charge is 0.254 e. The quantitative estimate of drug-likeness (QED) is 0.576. The second-order valence-corrected chi connectivity index (χ2v) is 8.35. The van der Waals surface area contributed by atoms with E-state index in [2.05, 4.69) is 53.4 Å². The third-order valence-electron chi connectivity index (χ3n) is 6.26. The van der Waals surface area contributed by atoms with Crippen molar-refractivity contribution < 1.29 is 9.53 Å². The largest absolute Gasteiger partial charge is 0.497 e. The number of carbonyl (C=O) groups excluding carboxylic acids is 1. The number of carbonyl (C=O) groups is 1. The van der Waals surface area contributed by atoms with E-state index >= 15 is 0 Å². The molecule has 168 valence electrons. The molecule has 1 aliphatic rings. The molecule has 1 aromatic heterocycles. The van der Waals surface area contributed by atoms with Crippen LogP contribution in [0.2, 0.25) is 0 Å². The minimum absolute atomic E-state index is 0.0714. The summed E-state index contributed by atoms with van der Waals surface area (Å²) in [7, 11) is 1.68. The molecule has 1 fully saturated rings. The fourth-order valence-electron chi connectivity index (χ4n) is 4.43. The van der Waals surface area contributed by atoms with Crippen LogP contribution in [0.4, 0.5) is 0 Å². The highest BCUT2D eigenvalue weighted by atomic mass is 16.5. The van der Waals surface area contributed by atoms with Gasteiger partial charge in [-0.15, -0.1) is 0 Å². The molecule has 0 radical (unpaired) electrons. The van der Waals surface area contributed by atoms with Crippen LogP contribution in [0.15, 0.2) is 54.7 Å². The number of nitrogens with zero attached hydrogens (tertiary/aromatic N) is 3. The molecule has 1 N–H and O–H groups in total. The molecule has 0 saturated carbocycles. The maximum atomic E-state index is 13.2. The minimum atomic E-state index is -0.0714. The molecule has 0 aliphatic carbocycles. The molecular formula is C26H32N4O2. The zero-order valence-corrected chi connectivity index (χ0v) is 19.2. The van der Waals surface area contributed by atoms with Crippen LogP contribution >= 0.6 is 0 Å². The third kappa shape index (κ3) is 4.70. The summed E-state index contributed by atoms with van der Waals surface area (Å²) in [5.74, 6) is 0.770. The molecule has 6 heteroatoms. The summed E-state index contributed by atoms with van der Waals surface area (Å²) in [5, 5.41) is 7.71. The minimum Gasteiger partial charge on any atom is -0.497 e. The number of hydrogen-bond donors (Lipinski definition) is 1. The van der Waals surface area contributed by atoms with Crippen molar-refractivity contribution in [1.82, 2.24) is 20.0 Å². The second kappa shape index (κ2) is 10.0. The van der Waals surface area contributed by atoms with E-state index in [-0.39, 0.29) is 11.9 Å². The third-order valence-corrected chi connectivity index (χ3v) is 6.26. The summed E-state index contributed by atoms with van der Waals surface area (Å²) in [6.45, 7) is 6.79. The van der Waals surface area contributed by atoms with Crippen LogP contribution in [-0.4, -0.2) is 47.3 Å². The molecule has 6 nitrogen and oxygen atoms in total. The van der Waals surface area contributed by atoms with Crippen molar-refractivity contribution in [2.75, 3.05) is 26.7 Å². The fraction of sp³-hybridized carbons (Fsp3) is 0.385. The lowest BCUT2D eigenvalue weighted by atomic mass is 10.0. The molecule has 2 aromatic carbocycles. The summed E-state index contributed by atoms with van der Waals surface area (Å²) < 4.78 is 7.18. The number of likely N-dealkylation sites (tertiary alicyclic amines) is 1. The van der Waals surface area contributed by atoms with Gasteiger partial charge in [-0.1, -0.05) is 36.8 Å². The van der Waals surface area contributed by atoms with Gasteiger partial charge in [0, 0.05) is 6.54 Å². The lowest BCUT2D eigenvalue weighted by Crippen LogP contribution is -2.37. The average Bonchev–Trinajstić information content (AvgIpc) is 3.50. The molecule has 4 rings (SSSR count). The molecule has 1 amide bonds. The van der Waals surface area contributed by atoms with E-state index < -0.39 is 0 Å². The monoisotopic (exact) mass is 432 g/mol. The first-order valence-electron chi connectivity index (χ1n) is 11.4. The Labute approximate surface area is 190 Å². The van der Waals surface area contributed by atoms with Gasteiger partial charge in [-0.2, -0.15) is 5.10 Å². The SMILES string of the molecule is CCc1c(C(=O)NC[C@@H](c2ccc(OC)cc2)N2CCCC2)cnn1-c1ccc(C)cc1. The first-order chi connectivity index (χ1) is 15.6. The Morgan fingerprint density at radius 2 is 1.78 bits per heavy atom. The van der Waals surface area contributed by atoms with Crippen molar-refractivity contribution in [1.29, 1.82) is 0 Å². The highest BCUT2D eigenvalue weighted by Gasteiger charge is 2.25. The van der Waals surface area contributed by atoms with E-state index in [4.69, 9.17) is 4.74 Å². The normalized spacial score (nSPS) is 15.0. The van der Waals surface area contributed by atoms with E-state index in [1.165, 1.54) is 24.0 Å². The van der Waals surface area contributed by atoms with Crippen LogP contribution in [0, 0.1) is 6.92 Å². The average molecular weight is 433 g/mol. The topological polar surface area (TPSA) is 59.4 Å². The molecule has 1 saturated heterocycles. The molecule has 0 bridgehead atoms. The Kier molecular flexibility index (Phi) is 6.90. The van der Waals surface area contributed by atoms with Gasteiger partial charge in [0.2, 0.25) is 0 Å². The van der Waals surface area contributed by atoms with E-state index in [1.807, 2.05) is 28.9 Å². The Balaban J connectivity index is 1.52. The van der Waals surface area contributed by atoms with E-state index in [0.29, 0.717) is 12.1 Å². The van der Waals surface area contributed by atoms with Gasteiger partial charge < -0.3 is 10.1 Å². The predicted octanol–water partition coefficient (Wildman–Crippen LogP) is 4.32. The number of ether oxygens (including phenoxy) is 1. The van der Waals surface area contributed by atoms with Crippen LogP contribution in [0.3, 0.4) is 0 Å². The van der Waals surface area contributed by atoms with Crippen LogP contribution in [0.25, 0.3) is 5.69 Å². The summed E-state index contributed by atoms with van der Waals surface area (Å²) in [5.41, 5.74) is 4.93. The van der Waals surface area contributed by atoms with Gasteiger partial charge >= 0.3 is 0 Å². The summed E-state index contributed by atoms with van der Waals surface area (Å²) in [4.78, 5) is 15.6. The zero-order valence-electron chi connectivity index (χ0n) is 19.2. The van der Waals surface area contributed by atoms with Crippen molar-refractivity contribution in [3.63, 3.8) is 0 Å². The summed E-state index contributed by atoms with van der Waals surface area (Å²) >= 11 is 0.